The molecule has 0 aliphatic carbocycles. The van der Waals surface area contributed by atoms with E-state index in [1.54, 1.807) is 0 Å². The van der Waals surface area contributed by atoms with Crippen LogP contribution in [0, 0.1) is 0 Å². The number of anilines is 1. The predicted molar refractivity (Wildman–Crippen MR) is 75.9 cm³/mol. The first-order chi connectivity index (χ1) is 8.78. The summed E-state index contributed by atoms with van der Waals surface area (Å²) >= 11 is 0. The second-order valence-corrected chi connectivity index (χ2v) is 4.18. The molecule has 0 atom stereocenters. The molecule has 2 aromatic rings. The summed E-state index contributed by atoms with van der Waals surface area (Å²) in [5.74, 6) is 0. The number of benzene rings is 2. The highest BCUT2D eigenvalue weighted by molar-refractivity contribution is 5.47. The van der Waals surface area contributed by atoms with Crippen molar-refractivity contribution >= 4 is 11.8 Å². The Labute approximate surface area is 108 Å². The van der Waals surface area contributed by atoms with Crippen molar-refractivity contribution in [3.8, 4) is 0 Å². The smallest absolute Gasteiger partial charge is 0.0721 e. The molecule has 2 heteroatoms. The summed E-state index contributed by atoms with van der Waals surface area (Å²) in [6, 6.07) is 15.9. The van der Waals surface area contributed by atoms with Gasteiger partial charge in [0.05, 0.1) is 13.2 Å². The second kappa shape index (κ2) is 6.03. The molecule has 0 aliphatic rings. The second-order valence-electron chi connectivity index (χ2n) is 4.18. The Kier molecular flexibility index (Phi) is 4.15. The molecule has 0 heterocycles. The molecule has 0 radical (unpaired) electrons. The third-order valence-corrected chi connectivity index (χ3v) is 2.73. The van der Waals surface area contributed by atoms with Crippen LogP contribution in [0.3, 0.4) is 0 Å². The Morgan fingerprint density at radius 2 is 1.39 bits per heavy atom. The van der Waals surface area contributed by atoms with E-state index < -0.39 is 0 Å². The van der Waals surface area contributed by atoms with E-state index >= 15 is 0 Å². The lowest BCUT2D eigenvalue weighted by molar-refractivity contribution is 0.107. The Hall–Kier alpha value is -2.06. The van der Waals surface area contributed by atoms with Crippen molar-refractivity contribution in [3.63, 3.8) is 0 Å². The first kappa shape index (κ1) is 12.4. The van der Waals surface area contributed by atoms with E-state index in [4.69, 9.17) is 10.5 Å². The molecule has 0 fully saturated rings. The van der Waals surface area contributed by atoms with Gasteiger partial charge in [0.2, 0.25) is 0 Å². The van der Waals surface area contributed by atoms with Gasteiger partial charge < -0.3 is 10.5 Å². The molecule has 0 amide bonds. The summed E-state index contributed by atoms with van der Waals surface area (Å²) in [6.07, 6.45) is 1.83. The third-order valence-electron chi connectivity index (χ3n) is 2.73. The monoisotopic (exact) mass is 239 g/mol. The summed E-state index contributed by atoms with van der Waals surface area (Å²) in [5.41, 5.74) is 9.82. The Bertz CT molecular complexity index is 500. The molecule has 2 aromatic carbocycles. The average molecular weight is 239 g/mol. The maximum Gasteiger partial charge on any atom is 0.0721 e. The largest absolute Gasteiger partial charge is 0.399 e. The van der Waals surface area contributed by atoms with Crippen molar-refractivity contribution in [2.24, 2.45) is 0 Å². The van der Waals surface area contributed by atoms with Gasteiger partial charge in [0.15, 0.2) is 0 Å². The van der Waals surface area contributed by atoms with Gasteiger partial charge >= 0.3 is 0 Å². The van der Waals surface area contributed by atoms with Gasteiger partial charge in [0.1, 0.15) is 0 Å². The number of nitrogens with two attached hydrogens (primary N) is 1. The molecule has 18 heavy (non-hydrogen) atoms. The van der Waals surface area contributed by atoms with Crippen LogP contribution in [-0.2, 0) is 18.0 Å². The first-order valence-electron chi connectivity index (χ1n) is 5.91. The standard InChI is InChI=1S/C16H17NO/c1-2-13-3-5-14(6-4-13)11-18-12-15-7-9-16(17)10-8-15/h2-10H,1,11-12,17H2. The van der Waals surface area contributed by atoms with Gasteiger partial charge in [-0.3, -0.25) is 0 Å². The minimum absolute atomic E-state index is 0.601. The van der Waals surface area contributed by atoms with Crippen molar-refractivity contribution in [1.82, 2.24) is 0 Å². The fraction of sp³-hybridized carbons (Fsp3) is 0.125. The fourth-order valence-electron chi connectivity index (χ4n) is 1.65. The zero-order chi connectivity index (χ0) is 12.8. The maximum absolute atomic E-state index is 5.65. The molecule has 0 saturated heterocycles. The number of nitrogen functional groups attached to an aromatic ring is 1. The lowest BCUT2D eigenvalue weighted by Gasteiger charge is -2.05. The lowest BCUT2D eigenvalue weighted by Crippen LogP contribution is -1.94. The van der Waals surface area contributed by atoms with Crippen LogP contribution in [0.5, 0.6) is 0 Å². The van der Waals surface area contributed by atoms with Crippen molar-refractivity contribution in [2.45, 2.75) is 13.2 Å². The SMILES string of the molecule is C=Cc1ccc(COCc2ccc(N)cc2)cc1. The topological polar surface area (TPSA) is 35.2 Å². The van der Waals surface area contributed by atoms with E-state index in [1.807, 2.05) is 42.5 Å². The average Bonchev–Trinajstić information content (AvgIpc) is 2.42. The van der Waals surface area contributed by atoms with Gasteiger partial charge in [0.25, 0.3) is 0 Å². The molecule has 0 saturated carbocycles. The van der Waals surface area contributed by atoms with Crippen LogP contribution >= 0.6 is 0 Å². The molecule has 2 rings (SSSR count). The summed E-state index contributed by atoms with van der Waals surface area (Å²) in [7, 11) is 0. The zero-order valence-electron chi connectivity index (χ0n) is 10.3. The van der Waals surface area contributed by atoms with Crippen LogP contribution in [0.15, 0.2) is 55.1 Å². The van der Waals surface area contributed by atoms with Crippen molar-refractivity contribution < 1.29 is 4.74 Å². The van der Waals surface area contributed by atoms with E-state index in [0.717, 1.165) is 22.4 Å². The molecular weight excluding hydrogens is 222 g/mol. The van der Waals surface area contributed by atoms with Crippen LogP contribution in [0.4, 0.5) is 5.69 Å². The number of rotatable bonds is 5. The number of hydrogen-bond acceptors (Lipinski definition) is 2. The number of ether oxygens (including phenoxy) is 1. The fourth-order valence-corrected chi connectivity index (χ4v) is 1.65. The molecule has 0 bridgehead atoms. The van der Waals surface area contributed by atoms with E-state index in [9.17, 15) is 0 Å². The van der Waals surface area contributed by atoms with E-state index in [-0.39, 0.29) is 0 Å². The van der Waals surface area contributed by atoms with Gasteiger partial charge in [-0.2, -0.15) is 0 Å². The normalized spacial score (nSPS) is 10.2. The molecule has 92 valence electrons. The Morgan fingerprint density at radius 3 is 1.89 bits per heavy atom. The molecular formula is C16H17NO. The van der Waals surface area contributed by atoms with Gasteiger partial charge in [-0.1, -0.05) is 49.1 Å². The van der Waals surface area contributed by atoms with Crippen LogP contribution in [0.1, 0.15) is 16.7 Å². The zero-order valence-corrected chi connectivity index (χ0v) is 10.3. The summed E-state index contributed by atoms with van der Waals surface area (Å²) in [6.45, 7) is 4.94. The summed E-state index contributed by atoms with van der Waals surface area (Å²) < 4.78 is 5.65. The van der Waals surface area contributed by atoms with Gasteiger partial charge in [-0.25, -0.2) is 0 Å². The number of hydrogen-bond donors (Lipinski definition) is 1. The summed E-state index contributed by atoms with van der Waals surface area (Å²) in [5, 5.41) is 0. The van der Waals surface area contributed by atoms with Gasteiger partial charge in [-0.05, 0) is 28.8 Å². The highest BCUT2D eigenvalue weighted by Crippen LogP contribution is 2.10. The van der Waals surface area contributed by atoms with Gasteiger partial charge in [0, 0.05) is 5.69 Å². The molecule has 2 N–H and O–H groups in total. The van der Waals surface area contributed by atoms with Crippen molar-refractivity contribution in [1.29, 1.82) is 0 Å². The predicted octanol–water partition coefficient (Wildman–Crippen LogP) is 3.63. The highest BCUT2D eigenvalue weighted by Gasteiger charge is 1.95. The van der Waals surface area contributed by atoms with Crippen LogP contribution in [-0.4, -0.2) is 0 Å². The Morgan fingerprint density at radius 1 is 0.889 bits per heavy atom. The van der Waals surface area contributed by atoms with Gasteiger partial charge in [-0.15, -0.1) is 0 Å². The minimum Gasteiger partial charge on any atom is -0.399 e. The van der Waals surface area contributed by atoms with E-state index in [0.29, 0.717) is 13.2 Å². The quantitative estimate of drug-likeness (QED) is 0.809. The molecule has 0 unspecified atom stereocenters. The minimum atomic E-state index is 0.601. The van der Waals surface area contributed by atoms with Crippen LogP contribution < -0.4 is 5.73 Å². The third kappa shape index (κ3) is 3.47. The van der Waals surface area contributed by atoms with Crippen molar-refractivity contribution in [2.75, 3.05) is 5.73 Å². The van der Waals surface area contributed by atoms with Crippen LogP contribution in [0.2, 0.25) is 0 Å². The first-order valence-corrected chi connectivity index (χ1v) is 5.91. The van der Waals surface area contributed by atoms with Crippen molar-refractivity contribution in [3.05, 3.63) is 71.8 Å². The Balaban J connectivity index is 1.84. The molecule has 0 spiro atoms. The summed E-state index contributed by atoms with van der Waals surface area (Å²) in [4.78, 5) is 0. The van der Waals surface area contributed by atoms with Crippen LogP contribution in [0.25, 0.3) is 6.08 Å². The molecule has 0 aromatic heterocycles. The molecule has 0 aliphatic heterocycles. The van der Waals surface area contributed by atoms with E-state index in [2.05, 4.69) is 18.7 Å². The highest BCUT2D eigenvalue weighted by atomic mass is 16.5. The molecule has 2 nitrogen and oxygen atoms in total. The maximum atomic E-state index is 5.65. The lowest BCUT2D eigenvalue weighted by atomic mass is 10.1. The van der Waals surface area contributed by atoms with E-state index in [1.165, 1.54) is 0 Å².